The highest BCUT2D eigenvalue weighted by Gasteiger charge is 2.16. The van der Waals surface area contributed by atoms with Crippen molar-refractivity contribution in [2.45, 2.75) is 12.3 Å². The molecule has 0 radical (unpaired) electrons. The van der Waals surface area contributed by atoms with Gasteiger partial charge in [-0.3, -0.25) is 4.57 Å². The Bertz CT molecular complexity index is 768. The number of para-hydroxylation sites is 1. The highest BCUT2D eigenvalue weighted by Crippen LogP contribution is 2.27. The van der Waals surface area contributed by atoms with Gasteiger partial charge in [-0.25, -0.2) is 4.39 Å². The third-order valence-corrected chi connectivity index (χ3v) is 3.81. The van der Waals surface area contributed by atoms with Gasteiger partial charge in [0.25, 0.3) is 0 Å². The van der Waals surface area contributed by atoms with Crippen LogP contribution in [0.4, 0.5) is 4.39 Å². The Morgan fingerprint density at radius 2 is 1.86 bits per heavy atom. The van der Waals surface area contributed by atoms with Gasteiger partial charge in [-0.1, -0.05) is 40.2 Å². The third kappa shape index (κ3) is 2.61. The van der Waals surface area contributed by atoms with Crippen molar-refractivity contribution in [3.63, 3.8) is 0 Å². The highest BCUT2D eigenvalue weighted by atomic mass is 79.9. The molecule has 5 heteroatoms. The number of hydrogen-bond acceptors (Lipinski definition) is 2. The minimum absolute atomic E-state index is 0.279. The summed E-state index contributed by atoms with van der Waals surface area (Å²) in [5.41, 5.74) is 2.66. The summed E-state index contributed by atoms with van der Waals surface area (Å²) in [6.07, 6.45) is 0. The minimum Gasteiger partial charge on any atom is -0.278 e. The molecule has 2 aromatic carbocycles. The van der Waals surface area contributed by atoms with Crippen LogP contribution in [-0.4, -0.2) is 14.8 Å². The number of halogens is 2. The molecule has 21 heavy (non-hydrogen) atoms. The average Bonchev–Trinajstić information content (AvgIpc) is 2.94. The Kier molecular flexibility index (Phi) is 3.84. The van der Waals surface area contributed by atoms with Crippen molar-refractivity contribution in [3.8, 4) is 17.1 Å². The Balaban J connectivity index is 2.25. The van der Waals surface area contributed by atoms with Crippen molar-refractivity contribution in [3.05, 3.63) is 65.7 Å². The van der Waals surface area contributed by atoms with Crippen LogP contribution in [0.5, 0.6) is 0 Å². The molecule has 0 spiro atoms. The van der Waals surface area contributed by atoms with Gasteiger partial charge in [0.1, 0.15) is 11.6 Å². The molecule has 3 nitrogen and oxygen atoms in total. The van der Waals surface area contributed by atoms with Crippen LogP contribution in [0, 0.1) is 12.7 Å². The zero-order valence-corrected chi connectivity index (χ0v) is 13.0. The van der Waals surface area contributed by atoms with Gasteiger partial charge >= 0.3 is 0 Å². The standard InChI is InChI=1S/C16H13BrFN3/c1-11-7-8-12(18)9-14(11)16-20-19-15(10-17)21(16)13-5-3-2-4-6-13/h2-9H,10H2,1H3. The summed E-state index contributed by atoms with van der Waals surface area (Å²) in [5.74, 6) is 1.14. The Morgan fingerprint density at radius 3 is 2.57 bits per heavy atom. The van der Waals surface area contributed by atoms with Crippen molar-refractivity contribution in [2.24, 2.45) is 0 Å². The summed E-state index contributed by atoms with van der Waals surface area (Å²) in [4.78, 5) is 0. The average molecular weight is 346 g/mol. The molecule has 0 aliphatic heterocycles. The van der Waals surface area contributed by atoms with E-state index in [1.807, 2.05) is 41.8 Å². The predicted octanol–water partition coefficient (Wildman–Crippen LogP) is 4.28. The summed E-state index contributed by atoms with van der Waals surface area (Å²) >= 11 is 3.43. The summed E-state index contributed by atoms with van der Waals surface area (Å²) in [7, 11) is 0. The lowest BCUT2D eigenvalue weighted by Gasteiger charge is -2.11. The normalized spacial score (nSPS) is 10.8. The van der Waals surface area contributed by atoms with E-state index in [1.165, 1.54) is 12.1 Å². The number of benzene rings is 2. The first-order valence-corrected chi connectivity index (χ1v) is 7.65. The quantitative estimate of drug-likeness (QED) is 0.663. The Hall–Kier alpha value is -2.01. The van der Waals surface area contributed by atoms with E-state index in [0.717, 1.165) is 22.6 Å². The number of aryl methyl sites for hydroxylation is 1. The van der Waals surface area contributed by atoms with Crippen LogP contribution < -0.4 is 0 Å². The maximum absolute atomic E-state index is 13.6. The molecule has 0 amide bonds. The Labute approximate surface area is 130 Å². The highest BCUT2D eigenvalue weighted by molar-refractivity contribution is 9.08. The molecule has 106 valence electrons. The Morgan fingerprint density at radius 1 is 1.10 bits per heavy atom. The monoisotopic (exact) mass is 345 g/mol. The number of alkyl halides is 1. The zero-order chi connectivity index (χ0) is 14.8. The smallest absolute Gasteiger partial charge is 0.168 e. The van der Waals surface area contributed by atoms with E-state index in [1.54, 1.807) is 6.07 Å². The summed E-state index contributed by atoms with van der Waals surface area (Å²) in [6.45, 7) is 1.94. The van der Waals surface area contributed by atoms with Gasteiger partial charge < -0.3 is 0 Å². The zero-order valence-electron chi connectivity index (χ0n) is 11.4. The molecule has 0 fully saturated rings. The first-order chi connectivity index (χ1) is 10.2. The van der Waals surface area contributed by atoms with E-state index in [0.29, 0.717) is 11.2 Å². The van der Waals surface area contributed by atoms with Crippen LogP contribution in [0.2, 0.25) is 0 Å². The van der Waals surface area contributed by atoms with E-state index in [-0.39, 0.29) is 5.82 Å². The number of rotatable bonds is 3. The molecule has 0 unspecified atom stereocenters. The van der Waals surface area contributed by atoms with Crippen molar-refractivity contribution in [1.82, 2.24) is 14.8 Å². The lowest BCUT2D eigenvalue weighted by molar-refractivity contribution is 0.627. The van der Waals surface area contributed by atoms with Crippen molar-refractivity contribution in [2.75, 3.05) is 0 Å². The van der Waals surface area contributed by atoms with Crippen LogP contribution in [0.1, 0.15) is 11.4 Å². The number of hydrogen-bond donors (Lipinski definition) is 0. The van der Waals surface area contributed by atoms with Gasteiger partial charge in [-0.05, 0) is 36.8 Å². The number of nitrogens with zero attached hydrogens (tertiary/aromatic N) is 3. The molecule has 0 N–H and O–H groups in total. The largest absolute Gasteiger partial charge is 0.278 e. The molecule has 3 aromatic rings. The van der Waals surface area contributed by atoms with Crippen molar-refractivity contribution in [1.29, 1.82) is 0 Å². The van der Waals surface area contributed by atoms with E-state index in [4.69, 9.17) is 0 Å². The summed E-state index contributed by atoms with van der Waals surface area (Å²) < 4.78 is 15.5. The van der Waals surface area contributed by atoms with E-state index in [2.05, 4.69) is 26.1 Å². The second-order valence-electron chi connectivity index (χ2n) is 4.70. The minimum atomic E-state index is -0.279. The fraction of sp³-hybridized carbons (Fsp3) is 0.125. The van der Waals surface area contributed by atoms with Gasteiger partial charge in [0.05, 0.1) is 5.33 Å². The second kappa shape index (κ2) is 5.77. The molecule has 0 bridgehead atoms. The van der Waals surface area contributed by atoms with Crippen LogP contribution in [0.3, 0.4) is 0 Å². The molecule has 0 atom stereocenters. The topological polar surface area (TPSA) is 30.7 Å². The SMILES string of the molecule is Cc1ccc(F)cc1-c1nnc(CBr)n1-c1ccccc1. The van der Waals surface area contributed by atoms with Crippen LogP contribution in [0.15, 0.2) is 48.5 Å². The lowest BCUT2D eigenvalue weighted by Crippen LogP contribution is -2.02. The number of aromatic nitrogens is 3. The van der Waals surface area contributed by atoms with E-state index in [9.17, 15) is 4.39 Å². The fourth-order valence-corrected chi connectivity index (χ4v) is 2.62. The molecule has 0 saturated heterocycles. The van der Waals surface area contributed by atoms with Crippen LogP contribution >= 0.6 is 15.9 Å². The lowest BCUT2D eigenvalue weighted by atomic mass is 10.1. The predicted molar refractivity (Wildman–Crippen MR) is 84.1 cm³/mol. The first-order valence-electron chi connectivity index (χ1n) is 6.53. The molecular formula is C16H13BrFN3. The molecule has 1 aromatic heterocycles. The molecule has 0 saturated carbocycles. The van der Waals surface area contributed by atoms with Crippen LogP contribution in [-0.2, 0) is 5.33 Å². The molecule has 0 aliphatic carbocycles. The molecule has 0 aliphatic rings. The summed E-state index contributed by atoms with van der Waals surface area (Å²) in [5, 5.41) is 9.03. The fourth-order valence-electron chi connectivity index (χ4n) is 2.26. The maximum Gasteiger partial charge on any atom is 0.168 e. The molecular weight excluding hydrogens is 333 g/mol. The first kappa shape index (κ1) is 13.9. The van der Waals surface area contributed by atoms with Crippen molar-refractivity contribution < 1.29 is 4.39 Å². The summed E-state index contributed by atoms with van der Waals surface area (Å²) in [6, 6.07) is 14.5. The van der Waals surface area contributed by atoms with Gasteiger partial charge in [0.2, 0.25) is 0 Å². The van der Waals surface area contributed by atoms with E-state index < -0.39 is 0 Å². The van der Waals surface area contributed by atoms with Crippen LogP contribution in [0.25, 0.3) is 17.1 Å². The van der Waals surface area contributed by atoms with Gasteiger partial charge in [-0.2, -0.15) is 0 Å². The maximum atomic E-state index is 13.6. The van der Waals surface area contributed by atoms with Gasteiger partial charge in [0, 0.05) is 11.3 Å². The molecule has 3 rings (SSSR count). The third-order valence-electron chi connectivity index (χ3n) is 3.30. The second-order valence-corrected chi connectivity index (χ2v) is 5.26. The molecule has 1 heterocycles. The van der Waals surface area contributed by atoms with E-state index >= 15 is 0 Å². The van der Waals surface area contributed by atoms with Gasteiger partial charge in [-0.15, -0.1) is 10.2 Å². The van der Waals surface area contributed by atoms with Gasteiger partial charge in [0.15, 0.2) is 5.82 Å². The van der Waals surface area contributed by atoms with Crippen molar-refractivity contribution >= 4 is 15.9 Å².